The van der Waals surface area contributed by atoms with Gasteiger partial charge >= 0.3 is 0 Å². The Hall–Kier alpha value is -0.900. The van der Waals surface area contributed by atoms with Crippen molar-refractivity contribution in [1.29, 1.82) is 0 Å². The maximum Gasteiger partial charge on any atom is 0.184 e. The van der Waals surface area contributed by atoms with Gasteiger partial charge in [0.15, 0.2) is 10.9 Å². The molecule has 17 heavy (non-hydrogen) atoms. The lowest BCUT2D eigenvalue weighted by Crippen LogP contribution is -2.25. The van der Waals surface area contributed by atoms with Crippen molar-refractivity contribution < 1.29 is 4.79 Å². The van der Waals surface area contributed by atoms with Crippen LogP contribution in [-0.4, -0.2) is 16.3 Å². The molecule has 0 fully saturated rings. The second-order valence-corrected chi connectivity index (χ2v) is 6.57. The van der Waals surface area contributed by atoms with Crippen LogP contribution in [0.15, 0.2) is 0 Å². The van der Waals surface area contributed by atoms with Crippen LogP contribution in [0.25, 0.3) is 0 Å². The second kappa shape index (κ2) is 5.17. The van der Waals surface area contributed by atoms with Crippen LogP contribution in [0.2, 0.25) is 0 Å². The number of nitrogens with zero attached hydrogens (tertiary/aromatic N) is 1. The molecule has 0 aliphatic heterocycles. The van der Waals surface area contributed by atoms with Crippen molar-refractivity contribution in [3.8, 4) is 0 Å². The summed E-state index contributed by atoms with van der Waals surface area (Å²) in [7, 11) is 0. The maximum absolute atomic E-state index is 11.8. The zero-order valence-electron chi connectivity index (χ0n) is 11.5. The Morgan fingerprint density at radius 3 is 2.41 bits per heavy atom. The smallest absolute Gasteiger partial charge is 0.184 e. The minimum absolute atomic E-state index is 0.0291. The molecule has 96 valence electrons. The van der Waals surface area contributed by atoms with E-state index in [1.165, 1.54) is 0 Å². The summed E-state index contributed by atoms with van der Waals surface area (Å²) in [6, 6.07) is 0. The number of aromatic nitrogens is 1. The van der Waals surface area contributed by atoms with Gasteiger partial charge in [-0.1, -0.05) is 20.8 Å². The van der Waals surface area contributed by atoms with Gasteiger partial charge in [0.2, 0.25) is 0 Å². The molecule has 1 aromatic heterocycles. The van der Waals surface area contributed by atoms with E-state index in [2.05, 4.69) is 44.9 Å². The van der Waals surface area contributed by atoms with Gasteiger partial charge < -0.3 is 5.32 Å². The number of anilines is 1. The standard InChI is InChI=1S/C13H22N2OS/c1-7-9(16)10-11(8(2)3)17-12(14-10)15-13(4,5)6/h8H,7H2,1-6H3,(H,14,15). The number of hydrogen-bond donors (Lipinski definition) is 1. The number of hydrogen-bond acceptors (Lipinski definition) is 4. The zero-order valence-corrected chi connectivity index (χ0v) is 12.4. The Labute approximate surface area is 108 Å². The highest BCUT2D eigenvalue weighted by Crippen LogP contribution is 2.31. The maximum atomic E-state index is 11.8. The fourth-order valence-electron chi connectivity index (χ4n) is 1.46. The lowest BCUT2D eigenvalue weighted by molar-refractivity contribution is 0.0983. The highest BCUT2D eigenvalue weighted by molar-refractivity contribution is 7.16. The van der Waals surface area contributed by atoms with E-state index in [1.807, 2.05) is 6.92 Å². The molecule has 1 N–H and O–H groups in total. The Kier molecular flexibility index (Phi) is 4.31. The minimum Gasteiger partial charge on any atom is -0.357 e. The van der Waals surface area contributed by atoms with E-state index in [1.54, 1.807) is 11.3 Å². The quantitative estimate of drug-likeness (QED) is 0.824. The van der Waals surface area contributed by atoms with Gasteiger partial charge in [-0.3, -0.25) is 4.79 Å². The fraction of sp³-hybridized carbons (Fsp3) is 0.692. The molecule has 0 atom stereocenters. The third-order valence-corrected chi connectivity index (χ3v) is 3.52. The fourth-order valence-corrected chi connectivity index (χ4v) is 2.66. The Morgan fingerprint density at radius 1 is 1.41 bits per heavy atom. The molecule has 0 aromatic carbocycles. The van der Waals surface area contributed by atoms with Gasteiger partial charge in [0.1, 0.15) is 5.69 Å². The molecule has 0 bridgehead atoms. The van der Waals surface area contributed by atoms with Gasteiger partial charge in [-0.15, -0.1) is 11.3 Å². The third-order valence-electron chi connectivity index (χ3n) is 2.24. The topological polar surface area (TPSA) is 42.0 Å². The number of Topliss-reactive ketones (excluding diaryl/α,β-unsaturated/α-hetero) is 1. The molecule has 0 aliphatic carbocycles. The first-order valence-electron chi connectivity index (χ1n) is 6.06. The summed E-state index contributed by atoms with van der Waals surface area (Å²) in [5.41, 5.74) is 0.623. The van der Waals surface area contributed by atoms with E-state index in [9.17, 15) is 4.79 Å². The molecule has 0 spiro atoms. The van der Waals surface area contributed by atoms with Crippen molar-refractivity contribution in [1.82, 2.24) is 4.98 Å². The number of ketones is 1. The zero-order chi connectivity index (χ0) is 13.2. The SMILES string of the molecule is CCC(=O)c1nc(NC(C)(C)C)sc1C(C)C. The molecular weight excluding hydrogens is 232 g/mol. The van der Waals surface area contributed by atoms with E-state index in [4.69, 9.17) is 0 Å². The Bertz CT molecular complexity index is 402. The molecule has 4 heteroatoms. The van der Waals surface area contributed by atoms with Gasteiger partial charge in [0.25, 0.3) is 0 Å². The van der Waals surface area contributed by atoms with Gasteiger partial charge in [-0.2, -0.15) is 0 Å². The van der Waals surface area contributed by atoms with Crippen LogP contribution in [0.5, 0.6) is 0 Å². The number of carbonyl (C=O) groups is 1. The van der Waals surface area contributed by atoms with Crippen LogP contribution in [0.1, 0.15) is 69.2 Å². The molecule has 0 saturated carbocycles. The summed E-state index contributed by atoms with van der Waals surface area (Å²) >= 11 is 1.60. The first-order chi connectivity index (χ1) is 7.74. The largest absolute Gasteiger partial charge is 0.357 e. The highest BCUT2D eigenvalue weighted by Gasteiger charge is 2.21. The van der Waals surface area contributed by atoms with Crippen LogP contribution in [0, 0.1) is 0 Å². The normalized spacial score (nSPS) is 11.9. The first-order valence-corrected chi connectivity index (χ1v) is 6.88. The molecule has 1 heterocycles. The average Bonchev–Trinajstić information content (AvgIpc) is 2.57. The van der Waals surface area contributed by atoms with Gasteiger partial charge in [-0.05, 0) is 26.7 Å². The monoisotopic (exact) mass is 254 g/mol. The molecule has 3 nitrogen and oxygen atoms in total. The van der Waals surface area contributed by atoms with Crippen molar-refractivity contribution in [2.45, 2.75) is 59.4 Å². The Balaban J connectivity index is 3.08. The molecule has 0 radical (unpaired) electrons. The molecule has 0 saturated heterocycles. The second-order valence-electron chi connectivity index (χ2n) is 5.54. The average molecular weight is 254 g/mol. The molecule has 0 amide bonds. The van der Waals surface area contributed by atoms with E-state index in [0.717, 1.165) is 10.0 Å². The van der Waals surface area contributed by atoms with Crippen molar-refractivity contribution in [2.24, 2.45) is 0 Å². The third kappa shape index (κ3) is 3.80. The van der Waals surface area contributed by atoms with Crippen molar-refractivity contribution in [3.63, 3.8) is 0 Å². The van der Waals surface area contributed by atoms with Crippen LogP contribution in [-0.2, 0) is 0 Å². The van der Waals surface area contributed by atoms with Crippen LogP contribution in [0.3, 0.4) is 0 Å². The first kappa shape index (κ1) is 14.2. The molecule has 0 aliphatic rings. The van der Waals surface area contributed by atoms with Crippen molar-refractivity contribution in [3.05, 3.63) is 10.6 Å². The molecule has 0 unspecified atom stereocenters. The van der Waals surface area contributed by atoms with E-state index >= 15 is 0 Å². The van der Waals surface area contributed by atoms with Crippen molar-refractivity contribution >= 4 is 22.3 Å². The predicted octanol–water partition coefficient (Wildman–Crippen LogP) is 4.07. The van der Waals surface area contributed by atoms with Crippen LogP contribution in [0.4, 0.5) is 5.13 Å². The summed E-state index contributed by atoms with van der Waals surface area (Å²) in [4.78, 5) is 17.4. The summed E-state index contributed by atoms with van der Waals surface area (Å²) in [6.45, 7) is 12.3. The number of carbonyl (C=O) groups excluding carboxylic acids is 1. The summed E-state index contributed by atoms with van der Waals surface area (Å²) in [5.74, 6) is 0.473. The number of thiazole rings is 1. The summed E-state index contributed by atoms with van der Waals surface area (Å²) in [5, 5.41) is 4.18. The number of rotatable bonds is 4. The highest BCUT2D eigenvalue weighted by atomic mass is 32.1. The van der Waals surface area contributed by atoms with Crippen molar-refractivity contribution in [2.75, 3.05) is 5.32 Å². The molecule has 1 aromatic rings. The predicted molar refractivity (Wildman–Crippen MR) is 74.2 cm³/mol. The molecular formula is C13H22N2OS. The van der Waals surface area contributed by atoms with Gasteiger partial charge in [0.05, 0.1) is 0 Å². The Morgan fingerprint density at radius 2 is 2.00 bits per heavy atom. The van der Waals surface area contributed by atoms with Gasteiger partial charge in [-0.25, -0.2) is 4.98 Å². The summed E-state index contributed by atoms with van der Waals surface area (Å²) < 4.78 is 0. The van der Waals surface area contributed by atoms with E-state index < -0.39 is 0 Å². The molecule has 1 rings (SSSR count). The number of nitrogens with one attached hydrogen (secondary N) is 1. The van der Waals surface area contributed by atoms with Crippen LogP contribution >= 0.6 is 11.3 Å². The lowest BCUT2D eigenvalue weighted by Gasteiger charge is -2.19. The lowest BCUT2D eigenvalue weighted by atomic mass is 10.1. The minimum atomic E-state index is -0.0291. The van der Waals surface area contributed by atoms with Gasteiger partial charge in [0, 0.05) is 16.8 Å². The van der Waals surface area contributed by atoms with E-state index in [-0.39, 0.29) is 11.3 Å². The van der Waals surface area contributed by atoms with E-state index in [0.29, 0.717) is 18.0 Å². The van der Waals surface area contributed by atoms with Crippen LogP contribution < -0.4 is 5.32 Å². The summed E-state index contributed by atoms with van der Waals surface area (Å²) in [6.07, 6.45) is 0.512.